The molecule has 4 saturated heterocycles. The van der Waals surface area contributed by atoms with Crippen LogP contribution >= 0.6 is 0 Å². The van der Waals surface area contributed by atoms with Gasteiger partial charge in [0.25, 0.3) is 0 Å². The Balaban J connectivity index is 1.34. The summed E-state index contributed by atoms with van der Waals surface area (Å²) >= 11 is 0. The molecule has 4 heteroatoms. The van der Waals surface area contributed by atoms with Gasteiger partial charge < -0.3 is 4.74 Å². The molecule has 2 unspecified atom stereocenters. The van der Waals surface area contributed by atoms with Crippen molar-refractivity contribution in [2.45, 2.75) is 37.3 Å². The van der Waals surface area contributed by atoms with Gasteiger partial charge in [-0.3, -0.25) is 9.80 Å². The quantitative estimate of drug-likeness (QED) is 0.726. The summed E-state index contributed by atoms with van der Waals surface area (Å²) in [5.74, 6) is 1.58. The Kier molecular flexibility index (Phi) is 3.01. The summed E-state index contributed by atoms with van der Waals surface area (Å²) in [7, 11) is 0. The second-order valence-electron chi connectivity index (χ2n) is 8.39. The number of allylic oxidation sites excluding steroid dienone is 3. The van der Waals surface area contributed by atoms with Crippen molar-refractivity contribution in [3.63, 3.8) is 0 Å². The van der Waals surface area contributed by atoms with E-state index in [1.807, 2.05) is 0 Å². The summed E-state index contributed by atoms with van der Waals surface area (Å²) < 4.78 is 6.48. The fourth-order valence-corrected chi connectivity index (χ4v) is 5.67. The third-order valence-electron chi connectivity index (χ3n) is 7.02. The predicted octanol–water partition coefficient (Wildman–Crippen LogP) is 2.66. The van der Waals surface area contributed by atoms with Crippen molar-refractivity contribution in [3.05, 3.63) is 47.4 Å². The van der Waals surface area contributed by atoms with Crippen LogP contribution in [0.15, 0.2) is 52.4 Å². The maximum absolute atomic E-state index is 6.48. The van der Waals surface area contributed by atoms with E-state index in [9.17, 15) is 0 Å². The summed E-state index contributed by atoms with van der Waals surface area (Å²) in [6.45, 7) is 5.57. The Hall–Kier alpha value is -1.65. The van der Waals surface area contributed by atoms with Crippen LogP contribution in [0.25, 0.3) is 0 Å². The molecular formula is C21H25N3O. The van der Waals surface area contributed by atoms with Crippen LogP contribution in [0.2, 0.25) is 0 Å². The maximum atomic E-state index is 6.48. The molecule has 2 aliphatic carbocycles. The molecule has 0 aromatic heterocycles. The number of piperidine rings is 3. The van der Waals surface area contributed by atoms with Gasteiger partial charge in [0.2, 0.25) is 5.88 Å². The molecule has 4 nitrogen and oxygen atoms in total. The number of aliphatic imine (C=N–C) groups is 1. The smallest absolute Gasteiger partial charge is 0.210 e. The number of ether oxygens (including phenoxy) is 1. The van der Waals surface area contributed by atoms with Crippen LogP contribution in [0.4, 0.5) is 0 Å². The Bertz CT molecular complexity index is 766. The normalized spacial score (nSPS) is 43.4. The van der Waals surface area contributed by atoms with Gasteiger partial charge in [-0.25, -0.2) is 4.99 Å². The van der Waals surface area contributed by atoms with Gasteiger partial charge in [-0.2, -0.15) is 0 Å². The fourth-order valence-electron chi connectivity index (χ4n) is 5.67. The first-order chi connectivity index (χ1) is 12.3. The molecule has 7 rings (SSSR count). The second kappa shape index (κ2) is 5.18. The average Bonchev–Trinajstić information content (AvgIpc) is 2.88. The van der Waals surface area contributed by atoms with Crippen molar-refractivity contribution in [1.82, 2.24) is 9.80 Å². The Morgan fingerprint density at radius 2 is 2.12 bits per heavy atom. The van der Waals surface area contributed by atoms with Crippen LogP contribution in [0.1, 0.15) is 25.7 Å². The van der Waals surface area contributed by atoms with E-state index in [0.717, 1.165) is 38.4 Å². The topological polar surface area (TPSA) is 28.1 Å². The van der Waals surface area contributed by atoms with Gasteiger partial charge in [0.05, 0.1) is 11.3 Å². The first-order valence-corrected chi connectivity index (χ1v) is 9.80. The van der Waals surface area contributed by atoms with E-state index in [1.165, 1.54) is 37.2 Å². The molecule has 0 radical (unpaired) electrons. The zero-order chi connectivity index (χ0) is 16.4. The third-order valence-corrected chi connectivity index (χ3v) is 7.02. The maximum Gasteiger partial charge on any atom is 0.210 e. The lowest BCUT2D eigenvalue weighted by Crippen LogP contribution is -2.51. The molecule has 5 bridgehead atoms. The molecule has 0 saturated carbocycles. The minimum Gasteiger partial charge on any atom is -0.473 e. The number of hydrogen-bond acceptors (Lipinski definition) is 4. The lowest BCUT2D eigenvalue weighted by atomic mass is 9.75. The van der Waals surface area contributed by atoms with Crippen molar-refractivity contribution in [2.75, 3.05) is 32.7 Å². The van der Waals surface area contributed by atoms with E-state index >= 15 is 0 Å². The number of rotatable bonds is 2. The first-order valence-electron chi connectivity index (χ1n) is 9.80. The van der Waals surface area contributed by atoms with Gasteiger partial charge in [-0.15, -0.1) is 0 Å². The van der Waals surface area contributed by atoms with Crippen molar-refractivity contribution in [1.29, 1.82) is 0 Å². The van der Waals surface area contributed by atoms with E-state index in [0.29, 0.717) is 12.0 Å². The zero-order valence-electron chi connectivity index (χ0n) is 14.7. The summed E-state index contributed by atoms with van der Waals surface area (Å²) in [5, 5.41) is 0. The molecule has 4 fully saturated rings. The molecule has 5 aliphatic heterocycles. The average molecular weight is 335 g/mol. The minimum absolute atomic E-state index is 0.0683. The monoisotopic (exact) mass is 335 g/mol. The number of hydrogen-bond donors (Lipinski definition) is 0. The summed E-state index contributed by atoms with van der Waals surface area (Å²) in [4.78, 5) is 10.2. The molecule has 7 aliphatic rings. The van der Waals surface area contributed by atoms with E-state index in [-0.39, 0.29) is 5.54 Å². The summed E-state index contributed by atoms with van der Waals surface area (Å²) in [5.41, 5.74) is 4.22. The van der Waals surface area contributed by atoms with Crippen molar-refractivity contribution in [3.8, 4) is 0 Å². The predicted molar refractivity (Wildman–Crippen MR) is 98.4 cm³/mol. The summed E-state index contributed by atoms with van der Waals surface area (Å²) in [6, 6.07) is 0. The first kappa shape index (κ1) is 14.5. The molecule has 0 N–H and O–H groups in total. The fraction of sp³-hybridized carbons (Fsp3) is 0.571. The molecule has 0 aromatic rings. The highest BCUT2D eigenvalue weighted by atomic mass is 16.5. The van der Waals surface area contributed by atoms with Gasteiger partial charge in [0.1, 0.15) is 6.10 Å². The van der Waals surface area contributed by atoms with Gasteiger partial charge in [0, 0.05) is 26.1 Å². The Morgan fingerprint density at radius 1 is 1.20 bits per heavy atom. The molecular weight excluding hydrogens is 310 g/mol. The van der Waals surface area contributed by atoms with Crippen molar-refractivity contribution in [2.24, 2.45) is 10.9 Å². The zero-order valence-corrected chi connectivity index (χ0v) is 14.7. The van der Waals surface area contributed by atoms with E-state index < -0.39 is 0 Å². The van der Waals surface area contributed by atoms with Crippen LogP contribution in [0.3, 0.4) is 0 Å². The highest BCUT2D eigenvalue weighted by Gasteiger charge is 2.48. The van der Waals surface area contributed by atoms with Gasteiger partial charge >= 0.3 is 0 Å². The Labute approximate surface area is 149 Å². The highest BCUT2D eigenvalue weighted by Crippen LogP contribution is 2.46. The van der Waals surface area contributed by atoms with E-state index in [1.54, 1.807) is 5.57 Å². The van der Waals surface area contributed by atoms with Crippen molar-refractivity contribution >= 4 is 5.71 Å². The third kappa shape index (κ3) is 2.10. The SMILES string of the molecule is C1=CC23CC4=CC=C2C(=N/C(OC2CN5CCC2CC5)=C\CN3C4)C1. The minimum atomic E-state index is 0.0683. The van der Waals surface area contributed by atoms with Gasteiger partial charge in [0.15, 0.2) is 0 Å². The second-order valence-corrected chi connectivity index (χ2v) is 8.39. The molecule has 0 amide bonds. The standard InChI is InChI=1S/C21H25N3O/c1-2-18-17-4-3-15-12-21(17,8-1)24(13-15)11-7-20(22-18)25-19-14-23-9-5-16(19)6-10-23/h1,3-4,7-8,16,19H,2,5-6,9-14H2/b20-7+,22-18?. The van der Waals surface area contributed by atoms with Crippen molar-refractivity contribution < 1.29 is 4.74 Å². The highest BCUT2D eigenvalue weighted by molar-refractivity contribution is 6.06. The van der Waals surface area contributed by atoms with E-state index in [2.05, 4.69) is 40.2 Å². The van der Waals surface area contributed by atoms with Gasteiger partial charge in [-0.1, -0.05) is 29.9 Å². The van der Waals surface area contributed by atoms with Crippen LogP contribution < -0.4 is 0 Å². The van der Waals surface area contributed by atoms with Crippen LogP contribution in [-0.4, -0.2) is 59.9 Å². The molecule has 1 spiro atoms. The van der Waals surface area contributed by atoms with Crippen LogP contribution in [-0.2, 0) is 4.74 Å². The largest absolute Gasteiger partial charge is 0.473 e. The molecule has 130 valence electrons. The molecule has 0 aromatic carbocycles. The Morgan fingerprint density at radius 3 is 2.96 bits per heavy atom. The lowest BCUT2D eigenvalue weighted by molar-refractivity contribution is -0.0425. The van der Waals surface area contributed by atoms with Crippen LogP contribution in [0, 0.1) is 5.92 Å². The van der Waals surface area contributed by atoms with Crippen LogP contribution in [0.5, 0.6) is 0 Å². The van der Waals surface area contributed by atoms with E-state index in [4.69, 9.17) is 9.73 Å². The molecule has 2 atom stereocenters. The number of fused-ring (bicyclic) bond motifs is 4. The summed E-state index contributed by atoms with van der Waals surface area (Å²) in [6.07, 6.45) is 16.6. The number of nitrogens with zero attached hydrogens (tertiary/aromatic N) is 3. The van der Waals surface area contributed by atoms with Gasteiger partial charge in [-0.05, 0) is 49.9 Å². The molecule has 5 heterocycles. The molecule has 25 heavy (non-hydrogen) atoms. The lowest BCUT2D eigenvalue weighted by Gasteiger charge is -2.45.